The summed E-state index contributed by atoms with van der Waals surface area (Å²) in [5.41, 5.74) is 9.01. The van der Waals surface area contributed by atoms with Gasteiger partial charge in [-0.2, -0.15) is 0 Å². The Bertz CT molecular complexity index is 432. The van der Waals surface area contributed by atoms with Crippen LogP contribution >= 0.6 is 0 Å². The monoisotopic (exact) mass is 291 g/mol. The van der Waals surface area contributed by atoms with Crippen molar-refractivity contribution < 1.29 is 4.74 Å². The van der Waals surface area contributed by atoms with Crippen molar-refractivity contribution in [2.45, 2.75) is 72.3 Å². The van der Waals surface area contributed by atoms with Gasteiger partial charge in [0.2, 0.25) is 0 Å². The van der Waals surface area contributed by atoms with Crippen molar-refractivity contribution >= 4 is 0 Å². The summed E-state index contributed by atoms with van der Waals surface area (Å²) in [5.74, 6) is 1.58. The molecule has 2 N–H and O–H groups in total. The van der Waals surface area contributed by atoms with Crippen LogP contribution in [-0.2, 0) is 11.8 Å². The van der Waals surface area contributed by atoms with E-state index in [4.69, 9.17) is 10.5 Å². The lowest BCUT2D eigenvalue weighted by atomic mass is 9.85. The van der Waals surface area contributed by atoms with Crippen molar-refractivity contribution in [1.29, 1.82) is 0 Å². The Morgan fingerprint density at radius 3 is 2.38 bits per heavy atom. The van der Waals surface area contributed by atoms with Gasteiger partial charge in [-0.25, -0.2) is 0 Å². The number of benzene rings is 1. The van der Waals surface area contributed by atoms with Gasteiger partial charge in [0.25, 0.3) is 0 Å². The summed E-state index contributed by atoms with van der Waals surface area (Å²) in [6, 6.07) is 6.92. The molecule has 1 aromatic rings. The molecular formula is C19H33NO. The molecule has 0 aliphatic heterocycles. The maximum Gasteiger partial charge on any atom is 0.122 e. The van der Waals surface area contributed by atoms with Crippen LogP contribution in [0.15, 0.2) is 18.2 Å². The van der Waals surface area contributed by atoms with Crippen molar-refractivity contribution in [1.82, 2.24) is 0 Å². The highest BCUT2D eigenvalue weighted by molar-refractivity contribution is 5.39. The summed E-state index contributed by atoms with van der Waals surface area (Å²) < 4.78 is 5.78. The average Bonchev–Trinajstić information content (AvgIpc) is 2.39. The lowest BCUT2D eigenvalue weighted by molar-refractivity contribution is 0.335. The first-order chi connectivity index (χ1) is 9.75. The number of nitrogens with two attached hydrogens (primary N) is 1. The molecule has 2 heteroatoms. The van der Waals surface area contributed by atoms with Gasteiger partial charge in [0, 0.05) is 6.04 Å². The Balaban J connectivity index is 2.81. The summed E-state index contributed by atoms with van der Waals surface area (Å²) in [4.78, 5) is 0. The molecule has 0 aromatic heterocycles. The zero-order chi connectivity index (χ0) is 16.0. The molecule has 21 heavy (non-hydrogen) atoms. The van der Waals surface area contributed by atoms with Crippen molar-refractivity contribution in [2.24, 2.45) is 11.7 Å². The zero-order valence-corrected chi connectivity index (χ0v) is 14.7. The fourth-order valence-corrected chi connectivity index (χ4v) is 2.40. The van der Waals surface area contributed by atoms with Crippen LogP contribution < -0.4 is 10.5 Å². The van der Waals surface area contributed by atoms with Gasteiger partial charge in [0.05, 0.1) is 6.61 Å². The molecule has 0 saturated heterocycles. The summed E-state index contributed by atoms with van der Waals surface area (Å²) in [6.07, 6.45) is 3.23. The molecule has 0 radical (unpaired) electrons. The third-order valence-corrected chi connectivity index (χ3v) is 4.07. The Labute approximate surface area is 131 Å². The quantitative estimate of drug-likeness (QED) is 0.791. The Kier molecular flexibility index (Phi) is 6.73. The molecule has 1 rings (SSSR count). The topological polar surface area (TPSA) is 35.2 Å². The Morgan fingerprint density at radius 2 is 1.86 bits per heavy atom. The van der Waals surface area contributed by atoms with Gasteiger partial charge in [0.15, 0.2) is 0 Å². The molecule has 0 saturated carbocycles. The predicted molar refractivity (Wildman–Crippen MR) is 92.1 cm³/mol. The molecule has 1 aromatic carbocycles. The molecule has 1 unspecified atom stereocenters. The lowest BCUT2D eigenvalue weighted by Crippen LogP contribution is -2.26. The van der Waals surface area contributed by atoms with E-state index < -0.39 is 0 Å². The number of hydrogen-bond acceptors (Lipinski definition) is 2. The van der Waals surface area contributed by atoms with Gasteiger partial charge in [0.1, 0.15) is 5.75 Å². The smallest absolute Gasteiger partial charge is 0.122 e. The average molecular weight is 291 g/mol. The molecular weight excluding hydrogens is 258 g/mol. The van der Waals surface area contributed by atoms with Crippen molar-refractivity contribution in [3.8, 4) is 5.75 Å². The highest BCUT2D eigenvalue weighted by Crippen LogP contribution is 2.29. The van der Waals surface area contributed by atoms with E-state index in [1.54, 1.807) is 0 Å². The van der Waals surface area contributed by atoms with Crippen LogP contribution in [0.3, 0.4) is 0 Å². The van der Waals surface area contributed by atoms with Crippen LogP contribution in [0.4, 0.5) is 0 Å². The van der Waals surface area contributed by atoms with E-state index in [1.807, 2.05) is 6.92 Å². The minimum Gasteiger partial charge on any atom is -0.494 e. The first-order valence-electron chi connectivity index (χ1n) is 8.27. The molecule has 0 aliphatic carbocycles. The van der Waals surface area contributed by atoms with Gasteiger partial charge >= 0.3 is 0 Å². The molecule has 0 heterocycles. The first-order valence-corrected chi connectivity index (χ1v) is 8.27. The molecule has 0 bridgehead atoms. The Morgan fingerprint density at radius 1 is 1.19 bits per heavy atom. The normalized spacial score (nSPS) is 13.5. The van der Waals surface area contributed by atoms with Gasteiger partial charge < -0.3 is 10.5 Å². The van der Waals surface area contributed by atoms with Gasteiger partial charge in [-0.3, -0.25) is 0 Å². The zero-order valence-electron chi connectivity index (χ0n) is 14.7. The van der Waals surface area contributed by atoms with E-state index in [2.05, 4.69) is 52.8 Å². The maximum atomic E-state index is 6.15. The van der Waals surface area contributed by atoms with Crippen LogP contribution in [0.2, 0.25) is 0 Å². The van der Waals surface area contributed by atoms with Crippen LogP contribution in [0.5, 0.6) is 5.75 Å². The number of rotatable bonds is 7. The van der Waals surface area contributed by atoms with E-state index in [0.29, 0.717) is 18.6 Å². The van der Waals surface area contributed by atoms with Crippen LogP contribution in [0, 0.1) is 5.92 Å². The molecule has 0 aliphatic rings. The molecule has 0 amide bonds. The minimum absolute atomic E-state index is 0.174. The second-order valence-corrected chi connectivity index (χ2v) is 7.31. The van der Waals surface area contributed by atoms with Gasteiger partial charge in [-0.15, -0.1) is 0 Å². The second kappa shape index (κ2) is 7.84. The van der Waals surface area contributed by atoms with E-state index in [-0.39, 0.29) is 5.41 Å². The molecule has 1 atom stereocenters. The van der Waals surface area contributed by atoms with Crippen LogP contribution in [0.1, 0.15) is 65.5 Å². The number of ether oxygens (including phenoxy) is 1. The predicted octanol–water partition coefficient (Wildman–Crippen LogP) is 4.69. The second-order valence-electron chi connectivity index (χ2n) is 7.31. The standard InChI is InChI=1S/C19H33NO/c1-7-21-18-12-11-16(19(4,5)6)13-15(18)9-8-10-17(20)14(2)3/h11-14,17H,7-10,20H2,1-6H3. The summed E-state index contributed by atoms with van der Waals surface area (Å²) >= 11 is 0. The van der Waals surface area contributed by atoms with E-state index in [9.17, 15) is 0 Å². The van der Waals surface area contributed by atoms with E-state index >= 15 is 0 Å². The Hall–Kier alpha value is -1.02. The number of hydrogen-bond donors (Lipinski definition) is 1. The van der Waals surface area contributed by atoms with Gasteiger partial charge in [-0.1, -0.05) is 46.8 Å². The van der Waals surface area contributed by atoms with Crippen molar-refractivity contribution in [3.63, 3.8) is 0 Å². The summed E-state index contributed by atoms with van der Waals surface area (Å²) in [7, 11) is 0. The van der Waals surface area contributed by atoms with Gasteiger partial charge in [-0.05, 0) is 54.7 Å². The fraction of sp³-hybridized carbons (Fsp3) is 0.684. The number of aryl methyl sites for hydroxylation is 1. The highest BCUT2D eigenvalue weighted by atomic mass is 16.5. The minimum atomic E-state index is 0.174. The largest absolute Gasteiger partial charge is 0.494 e. The SMILES string of the molecule is CCOc1ccc(C(C)(C)C)cc1CCCC(N)C(C)C. The summed E-state index contributed by atoms with van der Waals surface area (Å²) in [6.45, 7) is 13.9. The lowest BCUT2D eigenvalue weighted by Gasteiger charge is -2.22. The van der Waals surface area contributed by atoms with Crippen LogP contribution in [0.25, 0.3) is 0 Å². The van der Waals surface area contributed by atoms with Crippen LogP contribution in [-0.4, -0.2) is 12.6 Å². The maximum absolute atomic E-state index is 6.15. The van der Waals surface area contributed by atoms with E-state index in [0.717, 1.165) is 25.0 Å². The molecule has 0 spiro atoms. The molecule has 0 fully saturated rings. The third-order valence-electron chi connectivity index (χ3n) is 4.07. The fourth-order valence-electron chi connectivity index (χ4n) is 2.40. The van der Waals surface area contributed by atoms with Crippen molar-refractivity contribution in [2.75, 3.05) is 6.61 Å². The third kappa shape index (κ3) is 5.70. The van der Waals surface area contributed by atoms with Crippen molar-refractivity contribution in [3.05, 3.63) is 29.3 Å². The molecule has 120 valence electrons. The van der Waals surface area contributed by atoms with E-state index in [1.165, 1.54) is 11.1 Å². The molecule has 2 nitrogen and oxygen atoms in total. The first kappa shape index (κ1) is 18.0. The summed E-state index contributed by atoms with van der Waals surface area (Å²) in [5, 5.41) is 0. The highest BCUT2D eigenvalue weighted by Gasteiger charge is 2.16.